The van der Waals surface area contributed by atoms with Gasteiger partial charge in [0.1, 0.15) is 13.1 Å². The molecule has 0 radical (unpaired) electrons. The summed E-state index contributed by atoms with van der Waals surface area (Å²) < 4.78 is 9.07. The molecule has 0 saturated heterocycles. The van der Waals surface area contributed by atoms with Gasteiger partial charge >= 0.3 is 0 Å². The van der Waals surface area contributed by atoms with E-state index < -0.39 is 0 Å². The Morgan fingerprint density at radius 3 is 1.62 bits per heavy atom. The van der Waals surface area contributed by atoms with Crippen LogP contribution in [0.3, 0.4) is 0 Å². The van der Waals surface area contributed by atoms with Gasteiger partial charge < -0.3 is 34.0 Å². The lowest BCUT2D eigenvalue weighted by Gasteiger charge is -2.06. The molecule has 1 aliphatic rings. The highest BCUT2D eigenvalue weighted by molar-refractivity contribution is 4.73. The number of fused-ring (bicyclic) bond motifs is 2. The molecular weight excluding hydrogens is 336 g/mol. The number of rotatable bonds is 0. The zero-order valence-corrected chi connectivity index (χ0v) is 12.0. The third kappa shape index (κ3) is 2.38. The second kappa shape index (κ2) is 5.63. The molecular formula is C10H14Br2N4. The van der Waals surface area contributed by atoms with E-state index in [4.69, 9.17) is 0 Å². The van der Waals surface area contributed by atoms with E-state index in [-0.39, 0.29) is 34.0 Å². The summed E-state index contributed by atoms with van der Waals surface area (Å²) in [5.41, 5.74) is 0. The third-order valence-corrected chi connectivity index (χ3v) is 2.81. The quantitative estimate of drug-likeness (QED) is 0.421. The first kappa shape index (κ1) is 13.4. The van der Waals surface area contributed by atoms with Gasteiger partial charge in [-0.05, 0) is 0 Å². The molecule has 2 aromatic heterocycles. The average Bonchev–Trinajstić information content (AvgIpc) is 2.75. The van der Waals surface area contributed by atoms with Crippen LogP contribution in [-0.2, 0) is 26.2 Å². The molecule has 0 aliphatic carbocycles. The molecule has 3 rings (SSSR count). The molecule has 0 spiro atoms. The molecule has 1 aliphatic heterocycles. The van der Waals surface area contributed by atoms with Crippen LogP contribution in [0.2, 0.25) is 0 Å². The van der Waals surface area contributed by atoms with Crippen molar-refractivity contribution in [3.05, 3.63) is 36.9 Å². The molecule has 0 fully saturated rings. The van der Waals surface area contributed by atoms with Gasteiger partial charge in [0.2, 0.25) is 0 Å². The standard InChI is InChI=1S/C10H14N4.2BrH/c1-3-11-7-9-13-5-2-6-14(13)10-8-12(11)4-1;;/h1-6H,7-10H2;2*1H/q+2;;/p-2. The van der Waals surface area contributed by atoms with Gasteiger partial charge in [-0.3, -0.25) is 0 Å². The Morgan fingerprint density at radius 1 is 0.750 bits per heavy atom. The molecule has 88 valence electrons. The van der Waals surface area contributed by atoms with Crippen LogP contribution < -0.4 is 43.3 Å². The maximum Gasteiger partial charge on any atom is 0.195 e. The minimum absolute atomic E-state index is 0. The predicted octanol–water partition coefficient (Wildman–Crippen LogP) is -6.41. The van der Waals surface area contributed by atoms with E-state index in [1.807, 2.05) is 0 Å². The Hall–Kier alpha value is -0.620. The highest BCUT2D eigenvalue weighted by atomic mass is 79.9. The molecule has 3 heterocycles. The Bertz CT molecular complexity index is 370. The molecule has 16 heavy (non-hydrogen) atoms. The first-order chi connectivity index (χ1) is 6.93. The van der Waals surface area contributed by atoms with Gasteiger partial charge in [0.25, 0.3) is 0 Å². The highest BCUT2D eigenvalue weighted by Crippen LogP contribution is 1.91. The maximum absolute atomic E-state index is 2.27. The molecule has 6 heteroatoms. The SMILES string of the molecule is [Br-].[Br-].c1cn2[n+](c1)CCn1ccc[n+]1CC2. The lowest BCUT2D eigenvalue weighted by molar-refractivity contribution is -0.825. The Labute approximate surface area is 116 Å². The zero-order valence-electron chi connectivity index (χ0n) is 8.84. The zero-order chi connectivity index (χ0) is 9.38. The van der Waals surface area contributed by atoms with Crippen LogP contribution in [0.5, 0.6) is 0 Å². The van der Waals surface area contributed by atoms with E-state index in [2.05, 4.69) is 55.6 Å². The topological polar surface area (TPSA) is 17.6 Å². The van der Waals surface area contributed by atoms with Crippen LogP contribution in [0.4, 0.5) is 0 Å². The lowest BCUT2D eigenvalue weighted by Crippen LogP contribution is -3.00. The minimum Gasteiger partial charge on any atom is -1.00 e. The van der Waals surface area contributed by atoms with Crippen molar-refractivity contribution in [2.45, 2.75) is 26.2 Å². The van der Waals surface area contributed by atoms with Crippen molar-refractivity contribution in [2.24, 2.45) is 0 Å². The van der Waals surface area contributed by atoms with Crippen LogP contribution in [0.1, 0.15) is 0 Å². The molecule has 0 aromatic carbocycles. The highest BCUT2D eigenvalue weighted by Gasteiger charge is 2.17. The van der Waals surface area contributed by atoms with E-state index in [0.717, 1.165) is 26.2 Å². The minimum atomic E-state index is 0. The predicted molar refractivity (Wildman–Crippen MR) is 49.3 cm³/mol. The summed E-state index contributed by atoms with van der Waals surface area (Å²) in [5.74, 6) is 0. The molecule has 0 saturated carbocycles. The summed E-state index contributed by atoms with van der Waals surface area (Å²) in [6.45, 7) is 4.17. The summed E-state index contributed by atoms with van der Waals surface area (Å²) in [4.78, 5) is 0. The molecule has 2 aromatic rings. The summed E-state index contributed by atoms with van der Waals surface area (Å²) in [6.07, 6.45) is 8.55. The van der Waals surface area contributed by atoms with Gasteiger partial charge in [0.15, 0.2) is 25.5 Å². The van der Waals surface area contributed by atoms with Crippen molar-refractivity contribution in [1.82, 2.24) is 9.36 Å². The van der Waals surface area contributed by atoms with Crippen LogP contribution in [-0.4, -0.2) is 9.36 Å². The molecule has 0 amide bonds. The second-order valence-electron chi connectivity index (χ2n) is 3.63. The van der Waals surface area contributed by atoms with E-state index in [1.54, 1.807) is 0 Å². The van der Waals surface area contributed by atoms with Gasteiger partial charge in [-0.15, -0.1) is 9.36 Å². The van der Waals surface area contributed by atoms with Crippen molar-refractivity contribution in [3.63, 3.8) is 0 Å². The number of aryl methyl sites for hydroxylation is 4. The largest absolute Gasteiger partial charge is 1.00 e. The molecule has 0 N–H and O–H groups in total. The van der Waals surface area contributed by atoms with Gasteiger partial charge in [0.05, 0.1) is 12.4 Å². The average molecular weight is 350 g/mol. The fourth-order valence-electron chi connectivity index (χ4n) is 2.04. The summed E-state index contributed by atoms with van der Waals surface area (Å²) >= 11 is 0. The van der Waals surface area contributed by atoms with Gasteiger partial charge in [-0.1, -0.05) is 0 Å². The first-order valence-electron chi connectivity index (χ1n) is 5.03. The van der Waals surface area contributed by atoms with Crippen LogP contribution in [0, 0.1) is 0 Å². The number of aromatic nitrogens is 4. The third-order valence-electron chi connectivity index (χ3n) is 2.81. The smallest absolute Gasteiger partial charge is 0.195 e. The lowest BCUT2D eigenvalue weighted by atomic mass is 10.6. The van der Waals surface area contributed by atoms with Gasteiger partial charge in [-0.2, -0.15) is 9.36 Å². The van der Waals surface area contributed by atoms with Crippen molar-refractivity contribution in [3.8, 4) is 0 Å². The summed E-state index contributed by atoms with van der Waals surface area (Å²) in [7, 11) is 0. The van der Waals surface area contributed by atoms with Crippen LogP contribution >= 0.6 is 0 Å². The van der Waals surface area contributed by atoms with E-state index in [0.29, 0.717) is 0 Å². The summed E-state index contributed by atoms with van der Waals surface area (Å²) in [5, 5.41) is 0. The van der Waals surface area contributed by atoms with E-state index in [9.17, 15) is 0 Å². The number of nitrogens with zero attached hydrogens (tertiary/aromatic N) is 4. The molecule has 4 nitrogen and oxygen atoms in total. The van der Waals surface area contributed by atoms with Crippen molar-refractivity contribution >= 4 is 0 Å². The normalized spacial score (nSPS) is 13.5. The number of hydrogen-bond acceptors (Lipinski definition) is 0. The maximum atomic E-state index is 2.27. The van der Waals surface area contributed by atoms with Gasteiger partial charge in [0, 0.05) is 12.1 Å². The van der Waals surface area contributed by atoms with Crippen LogP contribution in [0.15, 0.2) is 36.9 Å². The number of hydrogen-bond donors (Lipinski definition) is 0. The molecule has 0 bridgehead atoms. The Morgan fingerprint density at radius 2 is 1.19 bits per heavy atom. The second-order valence-corrected chi connectivity index (χ2v) is 3.63. The molecule has 0 atom stereocenters. The Kier molecular flexibility index (Phi) is 4.73. The fourth-order valence-corrected chi connectivity index (χ4v) is 2.04. The number of halogens is 2. The summed E-state index contributed by atoms with van der Waals surface area (Å²) in [6, 6.07) is 4.20. The van der Waals surface area contributed by atoms with Crippen molar-refractivity contribution < 1.29 is 43.3 Å². The van der Waals surface area contributed by atoms with E-state index >= 15 is 0 Å². The monoisotopic (exact) mass is 348 g/mol. The van der Waals surface area contributed by atoms with Crippen LogP contribution in [0.25, 0.3) is 0 Å². The van der Waals surface area contributed by atoms with Gasteiger partial charge in [-0.25, -0.2) is 0 Å². The Balaban J connectivity index is 0.000000640. The fraction of sp³-hybridized carbons (Fsp3) is 0.400. The molecule has 0 unspecified atom stereocenters. The van der Waals surface area contributed by atoms with E-state index in [1.165, 1.54) is 0 Å². The van der Waals surface area contributed by atoms with Crippen molar-refractivity contribution in [2.75, 3.05) is 0 Å². The van der Waals surface area contributed by atoms with Crippen molar-refractivity contribution in [1.29, 1.82) is 0 Å². The first-order valence-corrected chi connectivity index (χ1v) is 5.03.